The molecule has 0 aromatic rings. The molecule has 1 saturated heterocycles. The van der Waals surface area contributed by atoms with E-state index >= 15 is 0 Å². The summed E-state index contributed by atoms with van der Waals surface area (Å²) in [5, 5.41) is 22.4. The first-order valence-corrected chi connectivity index (χ1v) is 10.9. The molecule has 1 aliphatic heterocycles. The minimum atomic E-state index is -1.15. The van der Waals surface area contributed by atoms with Crippen LogP contribution in [0.5, 0.6) is 0 Å². The Bertz CT molecular complexity index is 631. The Labute approximate surface area is 177 Å². The number of carbonyl (C=O) groups excluding carboxylic acids is 2. The fourth-order valence-corrected chi connectivity index (χ4v) is 4.36. The lowest BCUT2D eigenvalue weighted by Gasteiger charge is -2.29. The first kappa shape index (κ1) is 23.9. The van der Waals surface area contributed by atoms with E-state index < -0.39 is 36.0 Å². The zero-order valence-corrected chi connectivity index (χ0v) is 17.5. The van der Waals surface area contributed by atoms with Gasteiger partial charge in [0, 0.05) is 13.1 Å². The van der Waals surface area contributed by atoms with Crippen LogP contribution in [0.2, 0.25) is 0 Å². The minimum Gasteiger partial charge on any atom is -0.480 e. The maximum Gasteiger partial charge on any atom is 0.326 e. The van der Waals surface area contributed by atoms with Crippen LogP contribution >= 0.6 is 0 Å². The molecule has 2 fully saturated rings. The molecule has 0 spiro atoms. The van der Waals surface area contributed by atoms with Crippen molar-refractivity contribution in [1.29, 1.82) is 0 Å². The highest BCUT2D eigenvalue weighted by Gasteiger charge is 2.38. The van der Waals surface area contributed by atoms with Crippen molar-refractivity contribution in [2.45, 2.75) is 82.4 Å². The van der Waals surface area contributed by atoms with Crippen LogP contribution in [-0.2, 0) is 14.4 Å². The van der Waals surface area contributed by atoms with Crippen molar-refractivity contribution in [3.63, 3.8) is 0 Å². The molecule has 2 rings (SSSR count). The quantitative estimate of drug-likeness (QED) is 0.185. The highest BCUT2D eigenvalue weighted by molar-refractivity contribution is 5.92. The molecule has 0 aromatic carbocycles. The van der Waals surface area contributed by atoms with Gasteiger partial charge in [0.05, 0.1) is 0 Å². The average Bonchev–Trinajstić information content (AvgIpc) is 3.19. The molecule has 0 radical (unpaired) electrons. The molecule has 2 amide bonds. The van der Waals surface area contributed by atoms with Gasteiger partial charge in [0.1, 0.15) is 18.2 Å². The van der Waals surface area contributed by atoms with Crippen molar-refractivity contribution in [2.24, 2.45) is 22.4 Å². The summed E-state index contributed by atoms with van der Waals surface area (Å²) in [6, 6.07) is -1.84. The van der Waals surface area contributed by atoms with E-state index in [2.05, 4.69) is 10.3 Å². The number of nitrogens with one attached hydrogen (secondary N) is 1. The lowest BCUT2D eigenvalue weighted by molar-refractivity contribution is -0.147. The zero-order chi connectivity index (χ0) is 22.1. The van der Waals surface area contributed by atoms with Gasteiger partial charge in [-0.25, -0.2) is 4.79 Å². The molecule has 3 atom stereocenters. The van der Waals surface area contributed by atoms with Crippen molar-refractivity contribution in [3.05, 3.63) is 0 Å². The molecular weight excluding hydrogens is 390 g/mol. The van der Waals surface area contributed by atoms with Crippen LogP contribution in [-0.4, -0.2) is 70.1 Å². The van der Waals surface area contributed by atoms with Gasteiger partial charge in [0.15, 0.2) is 5.96 Å². The van der Waals surface area contributed by atoms with Crippen LogP contribution in [0.3, 0.4) is 0 Å². The van der Waals surface area contributed by atoms with Gasteiger partial charge in [-0.05, 0) is 38.0 Å². The molecule has 0 bridgehead atoms. The number of hydrogen-bond acceptors (Lipinski definition) is 5. The summed E-state index contributed by atoms with van der Waals surface area (Å²) in [7, 11) is 0. The SMILES string of the molecule is NC(N)=NCCC[C@H](NC(=O)[C@@H]1CCCN1C(=O)[C@H](O)CC1CCCCC1)C(=O)O. The normalized spacial score (nSPS) is 21.6. The van der Waals surface area contributed by atoms with E-state index in [0.29, 0.717) is 38.1 Å². The predicted molar refractivity (Wildman–Crippen MR) is 111 cm³/mol. The summed E-state index contributed by atoms with van der Waals surface area (Å²) < 4.78 is 0. The second kappa shape index (κ2) is 11.7. The van der Waals surface area contributed by atoms with Crippen molar-refractivity contribution in [3.8, 4) is 0 Å². The Balaban J connectivity index is 1.90. The Morgan fingerprint density at radius 3 is 2.43 bits per heavy atom. The van der Waals surface area contributed by atoms with Crippen LogP contribution in [0, 0.1) is 5.92 Å². The number of likely N-dealkylation sites (tertiary alicyclic amines) is 1. The van der Waals surface area contributed by atoms with Crippen molar-refractivity contribution < 1.29 is 24.6 Å². The van der Waals surface area contributed by atoms with Crippen LogP contribution in [0.4, 0.5) is 0 Å². The van der Waals surface area contributed by atoms with Crippen LogP contribution in [0.1, 0.15) is 64.2 Å². The predicted octanol–water partition coefficient (Wildman–Crippen LogP) is -0.0683. The summed E-state index contributed by atoms with van der Waals surface area (Å²) in [4.78, 5) is 42.2. The summed E-state index contributed by atoms with van der Waals surface area (Å²) in [5.74, 6) is -1.81. The Morgan fingerprint density at radius 2 is 1.80 bits per heavy atom. The maximum absolute atomic E-state index is 12.8. The Kier molecular flexibility index (Phi) is 9.35. The number of aliphatic carboxylic acids is 1. The summed E-state index contributed by atoms with van der Waals surface area (Å²) in [5.41, 5.74) is 10.5. The van der Waals surface area contributed by atoms with Crippen molar-refractivity contribution >= 4 is 23.7 Å². The monoisotopic (exact) mass is 425 g/mol. The molecule has 30 heavy (non-hydrogen) atoms. The highest BCUT2D eigenvalue weighted by Crippen LogP contribution is 2.28. The molecule has 0 aromatic heterocycles. The second-order valence-electron chi connectivity index (χ2n) is 8.29. The molecule has 10 heteroatoms. The van der Waals surface area contributed by atoms with Gasteiger partial charge in [-0.1, -0.05) is 32.1 Å². The zero-order valence-electron chi connectivity index (χ0n) is 17.5. The van der Waals surface area contributed by atoms with E-state index in [0.717, 1.165) is 25.7 Å². The molecule has 7 N–H and O–H groups in total. The second-order valence-corrected chi connectivity index (χ2v) is 8.29. The molecule has 170 valence electrons. The number of nitrogens with zero attached hydrogens (tertiary/aromatic N) is 2. The smallest absolute Gasteiger partial charge is 0.326 e. The molecule has 2 aliphatic rings. The number of aliphatic hydroxyl groups is 1. The number of hydrogen-bond donors (Lipinski definition) is 5. The van der Waals surface area contributed by atoms with Crippen molar-refractivity contribution in [2.75, 3.05) is 13.1 Å². The van der Waals surface area contributed by atoms with Crippen LogP contribution < -0.4 is 16.8 Å². The third-order valence-electron chi connectivity index (χ3n) is 5.96. The molecule has 0 unspecified atom stereocenters. The lowest BCUT2D eigenvalue weighted by atomic mass is 9.85. The largest absolute Gasteiger partial charge is 0.480 e. The average molecular weight is 426 g/mol. The summed E-state index contributed by atoms with van der Waals surface area (Å²) in [6.07, 6.45) is 6.46. The van der Waals surface area contributed by atoms with Gasteiger partial charge in [-0.3, -0.25) is 14.6 Å². The van der Waals surface area contributed by atoms with E-state index in [-0.39, 0.29) is 18.9 Å². The fraction of sp³-hybridized carbons (Fsp3) is 0.800. The standard InChI is InChI=1S/C20H35N5O5/c21-20(22)23-10-4-8-14(19(29)30)24-17(27)15-9-5-11-25(15)18(28)16(26)12-13-6-2-1-3-7-13/h13-16,26H,1-12H2,(H,24,27)(H,29,30)(H4,21,22,23)/t14-,15-,16+/m0/s1. The van der Waals surface area contributed by atoms with Gasteiger partial charge in [-0.2, -0.15) is 0 Å². The summed E-state index contributed by atoms with van der Waals surface area (Å²) >= 11 is 0. The summed E-state index contributed by atoms with van der Waals surface area (Å²) in [6.45, 7) is 0.657. The molecular formula is C20H35N5O5. The fourth-order valence-electron chi connectivity index (χ4n) is 4.36. The number of guanidine groups is 1. The maximum atomic E-state index is 12.8. The number of amides is 2. The van der Waals surface area contributed by atoms with Gasteiger partial charge in [-0.15, -0.1) is 0 Å². The van der Waals surface area contributed by atoms with E-state index in [4.69, 9.17) is 11.5 Å². The Hall–Kier alpha value is -2.36. The highest BCUT2D eigenvalue weighted by atomic mass is 16.4. The number of rotatable bonds is 10. The third kappa shape index (κ3) is 7.16. The van der Waals surface area contributed by atoms with Crippen LogP contribution in [0.25, 0.3) is 0 Å². The molecule has 1 saturated carbocycles. The minimum absolute atomic E-state index is 0.0715. The number of aliphatic imine (C=N–C) groups is 1. The number of carbonyl (C=O) groups is 3. The Morgan fingerprint density at radius 1 is 1.10 bits per heavy atom. The number of carboxylic acid groups (broad SMARTS) is 1. The number of aliphatic hydroxyl groups excluding tert-OH is 1. The third-order valence-corrected chi connectivity index (χ3v) is 5.96. The lowest BCUT2D eigenvalue weighted by Crippen LogP contribution is -2.52. The first-order chi connectivity index (χ1) is 14.3. The van der Waals surface area contributed by atoms with Crippen LogP contribution in [0.15, 0.2) is 4.99 Å². The van der Waals surface area contributed by atoms with E-state index in [9.17, 15) is 24.6 Å². The van der Waals surface area contributed by atoms with Gasteiger partial charge < -0.3 is 31.9 Å². The van der Waals surface area contributed by atoms with E-state index in [1.807, 2.05) is 0 Å². The molecule has 1 aliphatic carbocycles. The van der Waals surface area contributed by atoms with Crippen molar-refractivity contribution in [1.82, 2.24) is 10.2 Å². The van der Waals surface area contributed by atoms with E-state index in [1.54, 1.807) is 0 Å². The van der Waals surface area contributed by atoms with Gasteiger partial charge >= 0.3 is 5.97 Å². The number of carboxylic acids is 1. The van der Waals surface area contributed by atoms with Gasteiger partial charge in [0.2, 0.25) is 5.91 Å². The van der Waals surface area contributed by atoms with Gasteiger partial charge in [0.25, 0.3) is 5.91 Å². The molecule has 1 heterocycles. The topological polar surface area (TPSA) is 171 Å². The molecule has 10 nitrogen and oxygen atoms in total. The first-order valence-electron chi connectivity index (χ1n) is 10.9. The van der Waals surface area contributed by atoms with E-state index in [1.165, 1.54) is 11.3 Å². The number of nitrogens with two attached hydrogens (primary N) is 2.